The highest BCUT2D eigenvalue weighted by Crippen LogP contribution is 2.48. The van der Waals surface area contributed by atoms with Gasteiger partial charge in [-0.2, -0.15) is 0 Å². The average Bonchev–Trinajstić information content (AvgIpc) is 3.36. The molecule has 1 aromatic carbocycles. The van der Waals surface area contributed by atoms with Gasteiger partial charge < -0.3 is 15.5 Å². The van der Waals surface area contributed by atoms with Crippen LogP contribution in [0.4, 0.5) is 0 Å². The molecule has 1 fully saturated rings. The molecule has 1 aromatic heterocycles. The second kappa shape index (κ2) is 9.09. The molecule has 7 nitrogen and oxygen atoms in total. The van der Waals surface area contributed by atoms with E-state index >= 15 is 0 Å². The van der Waals surface area contributed by atoms with Gasteiger partial charge in [-0.3, -0.25) is 19.4 Å². The van der Waals surface area contributed by atoms with Crippen LogP contribution in [0.5, 0.6) is 0 Å². The lowest BCUT2D eigenvalue weighted by Gasteiger charge is -2.28. The number of carbonyl (C=O) groups excluding carboxylic acids is 3. The van der Waals surface area contributed by atoms with Crippen LogP contribution in [0.25, 0.3) is 0 Å². The third-order valence-corrected chi connectivity index (χ3v) is 7.31. The van der Waals surface area contributed by atoms with Gasteiger partial charge in [-0.1, -0.05) is 38.5 Å². The summed E-state index contributed by atoms with van der Waals surface area (Å²) < 4.78 is 0. The number of hydrogen-bond donors (Lipinski definition) is 2. The molecule has 1 saturated heterocycles. The van der Waals surface area contributed by atoms with Crippen molar-refractivity contribution in [3.8, 4) is 0 Å². The van der Waals surface area contributed by atoms with E-state index in [9.17, 15) is 14.4 Å². The minimum atomic E-state index is -0.663. The van der Waals surface area contributed by atoms with Crippen LogP contribution < -0.4 is 10.6 Å². The molecule has 3 amide bonds. The first-order valence-electron chi connectivity index (χ1n) is 10.5. The molecule has 2 aliphatic heterocycles. The van der Waals surface area contributed by atoms with Gasteiger partial charge in [0.15, 0.2) is 0 Å². The zero-order valence-corrected chi connectivity index (χ0v) is 18.4. The summed E-state index contributed by atoms with van der Waals surface area (Å²) in [6, 6.07) is 9.92. The molecule has 4 atom stereocenters. The van der Waals surface area contributed by atoms with E-state index in [0.29, 0.717) is 17.9 Å². The molecule has 2 unspecified atom stereocenters. The van der Waals surface area contributed by atoms with Crippen LogP contribution in [0, 0.1) is 5.92 Å². The van der Waals surface area contributed by atoms with Crippen LogP contribution in [0.3, 0.4) is 0 Å². The Morgan fingerprint density at radius 3 is 2.71 bits per heavy atom. The lowest BCUT2D eigenvalue weighted by molar-refractivity contribution is -0.132. The molecule has 162 valence electrons. The lowest BCUT2D eigenvalue weighted by atomic mass is 9.97. The van der Waals surface area contributed by atoms with Gasteiger partial charge in [-0.15, -0.1) is 11.8 Å². The number of carbonyl (C=O) groups is 3. The Morgan fingerprint density at radius 1 is 1.23 bits per heavy atom. The molecule has 0 bridgehead atoms. The molecule has 0 spiro atoms. The SMILES string of the molecule is CCC(C)[C@H](NC(=O)[C@@H]1CSC2c3ccccc3C(=O)N21)C(=O)NCc1ccncc1. The number of hydrogen-bond acceptors (Lipinski definition) is 5. The molecule has 8 heteroatoms. The number of benzene rings is 1. The molecule has 4 rings (SSSR count). The van der Waals surface area contributed by atoms with E-state index in [1.807, 2.05) is 44.2 Å². The van der Waals surface area contributed by atoms with Crippen molar-refractivity contribution in [2.24, 2.45) is 5.92 Å². The molecule has 2 aromatic rings. The minimum absolute atomic E-state index is 0.0438. The van der Waals surface area contributed by atoms with E-state index in [1.165, 1.54) is 0 Å². The van der Waals surface area contributed by atoms with Crippen LogP contribution >= 0.6 is 11.8 Å². The number of rotatable bonds is 7. The van der Waals surface area contributed by atoms with E-state index in [-0.39, 0.29) is 29.0 Å². The fraction of sp³-hybridized carbons (Fsp3) is 0.391. The third-order valence-electron chi connectivity index (χ3n) is 6.00. The summed E-state index contributed by atoms with van der Waals surface area (Å²) in [7, 11) is 0. The fourth-order valence-corrected chi connectivity index (χ4v) is 5.46. The Labute approximate surface area is 186 Å². The van der Waals surface area contributed by atoms with Crippen molar-refractivity contribution in [2.75, 3.05) is 5.75 Å². The molecular formula is C23H26N4O3S. The second-order valence-corrected chi connectivity index (χ2v) is 9.06. The summed E-state index contributed by atoms with van der Waals surface area (Å²) in [6.45, 7) is 4.30. The molecule has 0 saturated carbocycles. The number of nitrogens with zero attached hydrogens (tertiary/aromatic N) is 2. The maximum Gasteiger partial charge on any atom is 0.256 e. The maximum atomic E-state index is 13.2. The van der Waals surface area contributed by atoms with Gasteiger partial charge in [0.05, 0.1) is 0 Å². The van der Waals surface area contributed by atoms with Crippen LogP contribution in [0.1, 0.15) is 47.1 Å². The summed E-state index contributed by atoms with van der Waals surface area (Å²) in [5, 5.41) is 5.71. The number of thioether (sulfide) groups is 1. The number of fused-ring (bicyclic) bond motifs is 3. The standard InChI is InChI=1S/C23H26N4O3S/c1-3-14(2)19(21(29)25-12-15-8-10-24-11-9-15)26-20(28)18-13-31-23-17-7-5-4-6-16(17)22(30)27(18)23/h4-11,14,18-19,23H,3,12-13H2,1-2H3,(H,25,29)(H,26,28)/t14?,18-,19-,23?/m0/s1. The molecular weight excluding hydrogens is 412 g/mol. The van der Waals surface area contributed by atoms with Gasteiger partial charge in [-0.05, 0) is 35.2 Å². The monoisotopic (exact) mass is 438 g/mol. The normalized spacial score (nSPS) is 21.2. The average molecular weight is 439 g/mol. The van der Waals surface area contributed by atoms with E-state index < -0.39 is 12.1 Å². The molecule has 0 radical (unpaired) electrons. The van der Waals surface area contributed by atoms with Crippen molar-refractivity contribution in [3.63, 3.8) is 0 Å². The molecule has 31 heavy (non-hydrogen) atoms. The van der Waals surface area contributed by atoms with Gasteiger partial charge in [0, 0.05) is 30.3 Å². The molecule has 2 aliphatic rings. The number of aromatic nitrogens is 1. The fourth-order valence-electron chi connectivity index (χ4n) is 3.99. The molecule has 0 aliphatic carbocycles. The maximum absolute atomic E-state index is 13.2. The zero-order chi connectivity index (χ0) is 22.0. The topological polar surface area (TPSA) is 91.4 Å². The van der Waals surface area contributed by atoms with Crippen molar-refractivity contribution >= 4 is 29.5 Å². The van der Waals surface area contributed by atoms with Gasteiger partial charge >= 0.3 is 0 Å². The van der Waals surface area contributed by atoms with Crippen molar-refractivity contribution in [2.45, 2.75) is 44.3 Å². The summed E-state index contributed by atoms with van der Waals surface area (Å²) in [6.07, 6.45) is 4.09. The quantitative estimate of drug-likeness (QED) is 0.693. The van der Waals surface area contributed by atoms with Crippen LogP contribution in [-0.2, 0) is 16.1 Å². The highest BCUT2D eigenvalue weighted by Gasteiger charge is 2.48. The van der Waals surface area contributed by atoms with E-state index in [4.69, 9.17) is 0 Å². The zero-order valence-electron chi connectivity index (χ0n) is 17.6. The third kappa shape index (κ3) is 4.17. The van der Waals surface area contributed by atoms with Crippen LogP contribution in [-0.4, -0.2) is 45.4 Å². The summed E-state index contributed by atoms with van der Waals surface area (Å²) in [5.41, 5.74) is 2.56. The van der Waals surface area contributed by atoms with E-state index in [2.05, 4.69) is 15.6 Å². The second-order valence-electron chi connectivity index (χ2n) is 7.95. The first-order valence-corrected chi connectivity index (χ1v) is 11.6. The van der Waals surface area contributed by atoms with Crippen molar-refractivity contribution in [1.29, 1.82) is 0 Å². The Kier molecular flexibility index (Phi) is 6.27. The van der Waals surface area contributed by atoms with E-state index in [0.717, 1.165) is 17.5 Å². The molecule has 3 heterocycles. The summed E-state index contributed by atoms with van der Waals surface area (Å²) >= 11 is 1.59. The Morgan fingerprint density at radius 2 is 1.97 bits per heavy atom. The number of pyridine rings is 1. The first kappa shape index (κ1) is 21.4. The van der Waals surface area contributed by atoms with E-state index in [1.54, 1.807) is 35.1 Å². The summed E-state index contributed by atoms with van der Waals surface area (Å²) in [4.78, 5) is 44.6. The summed E-state index contributed by atoms with van der Waals surface area (Å²) in [5.74, 6) is -0.147. The Hall–Kier alpha value is -2.87. The van der Waals surface area contributed by atoms with Gasteiger partial charge in [-0.25, -0.2) is 0 Å². The highest BCUT2D eigenvalue weighted by atomic mass is 32.2. The molecule has 2 N–H and O–H groups in total. The van der Waals surface area contributed by atoms with Crippen molar-refractivity contribution in [1.82, 2.24) is 20.5 Å². The Bertz CT molecular complexity index is 984. The van der Waals surface area contributed by atoms with Crippen LogP contribution in [0.15, 0.2) is 48.8 Å². The largest absolute Gasteiger partial charge is 0.350 e. The van der Waals surface area contributed by atoms with Crippen molar-refractivity contribution in [3.05, 3.63) is 65.5 Å². The number of nitrogens with one attached hydrogen (secondary N) is 2. The minimum Gasteiger partial charge on any atom is -0.350 e. The highest BCUT2D eigenvalue weighted by molar-refractivity contribution is 7.99. The number of amides is 3. The van der Waals surface area contributed by atoms with Crippen LogP contribution in [0.2, 0.25) is 0 Å². The van der Waals surface area contributed by atoms with Crippen molar-refractivity contribution < 1.29 is 14.4 Å². The smallest absolute Gasteiger partial charge is 0.256 e. The lowest BCUT2D eigenvalue weighted by Crippen LogP contribution is -2.55. The van der Waals surface area contributed by atoms with Gasteiger partial charge in [0.1, 0.15) is 17.5 Å². The first-order chi connectivity index (χ1) is 15.0. The predicted molar refractivity (Wildman–Crippen MR) is 119 cm³/mol. The van der Waals surface area contributed by atoms with Gasteiger partial charge in [0.2, 0.25) is 11.8 Å². The predicted octanol–water partition coefficient (Wildman–Crippen LogP) is 2.50. The Balaban J connectivity index is 1.45. The van der Waals surface area contributed by atoms with Gasteiger partial charge in [0.25, 0.3) is 5.91 Å².